The summed E-state index contributed by atoms with van der Waals surface area (Å²) >= 11 is 6.05. The second-order valence-electron chi connectivity index (χ2n) is 5.05. The molecule has 1 atom stereocenters. The Bertz CT molecular complexity index is 546. The maximum Gasteiger partial charge on any atom is 0.0700 e. The molecule has 1 aliphatic heterocycles. The van der Waals surface area contributed by atoms with Crippen LogP contribution in [0.4, 0.5) is 0 Å². The Hall–Kier alpha value is -1.03. The highest BCUT2D eigenvalue weighted by Crippen LogP contribution is 2.20. The number of ether oxygens (including phenoxy) is 1. The van der Waals surface area contributed by atoms with Gasteiger partial charge in [-0.15, -0.1) is 0 Å². The fourth-order valence-electron chi connectivity index (χ4n) is 2.62. The van der Waals surface area contributed by atoms with Crippen LogP contribution in [0.3, 0.4) is 0 Å². The summed E-state index contributed by atoms with van der Waals surface area (Å²) in [5.41, 5.74) is 1.20. The molecule has 1 fully saturated rings. The van der Waals surface area contributed by atoms with Gasteiger partial charge in [0, 0.05) is 43.0 Å². The molecule has 1 aliphatic rings. The maximum absolute atomic E-state index is 6.05. The van der Waals surface area contributed by atoms with Gasteiger partial charge in [-0.05, 0) is 36.4 Å². The Morgan fingerprint density at radius 1 is 1.37 bits per heavy atom. The van der Waals surface area contributed by atoms with E-state index in [0.717, 1.165) is 31.3 Å². The summed E-state index contributed by atoms with van der Waals surface area (Å²) in [5, 5.41) is 5.50. The summed E-state index contributed by atoms with van der Waals surface area (Å²) in [6, 6.07) is 8.15. The highest BCUT2D eigenvalue weighted by atomic mass is 35.5. The lowest BCUT2D eigenvalue weighted by molar-refractivity contribution is 0.110. The van der Waals surface area contributed by atoms with Crippen molar-refractivity contribution in [3.05, 3.63) is 35.5 Å². The van der Waals surface area contributed by atoms with Crippen molar-refractivity contribution in [3.8, 4) is 0 Å². The summed E-state index contributed by atoms with van der Waals surface area (Å²) in [7, 11) is 0. The SMILES string of the molecule is Clc1ccc2ccn(CCNCC3CCCO3)c2c1. The lowest BCUT2D eigenvalue weighted by Gasteiger charge is -2.11. The Morgan fingerprint density at radius 2 is 2.32 bits per heavy atom. The van der Waals surface area contributed by atoms with Gasteiger partial charge in [-0.25, -0.2) is 0 Å². The monoisotopic (exact) mass is 278 g/mol. The third kappa shape index (κ3) is 3.11. The highest BCUT2D eigenvalue weighted by molar-refractivity contribution is 6.31. The summed E-state index contributed by atoms with van der Waals surface area (Å²) in [4.78, 5) is 0. The van der Waals surface area contributed by atoms with Gasteiger partial charge in [-0.1, -0.05) is 17.7 Å². The van der Waals surface area contributed by atoms with E-state index >= 15 is 0 Å². The van der Waals surface area contributed by atoms with Crippen LogP contribution in [0, 0.1) is 0 Å². The molecular formula is C15H19ClN2O. The quantitative estimate of drug-likeness (QED) is 0.851. The molecule has 3 rings (SSSR count). The topological polar surface area (TPSA) is 26.2 Å². The molecule has 4 heteroatoms. The van der Waals surface area contributed by atoms with Gasteiger partial charge in [-0.3, -0.25) is 0 Å². The number of hydrogen-bond donors (Lipinski definition) is 1. The van der Waals surface area contributed by atoms with Crippen LogP contribution in [0.5, 0.6) is 0 Å². The number of fused-ring (bicyclic) bond motifs is 1. The van der Waals surface area contributed by atoms with Crippen LogP contribution in [0.1, 0.15) is 12.8 Å². The molecule has 1 saturated heterocycles. The van der Waals surface area contributed by atoms with Gasteiger partial charge < -0.3 is 14.6 Å². The zero-order chi connectivity index (χ0) is 13.1. The number of benzene rings is 1. The number of hydrogen-bond acceptors (Lipinski definition) is 2. The third-order valence-corrected chi connectivity index (χ3v) is 3.90. The molecule has 0 amide bonds. The lowest BCUT2D eigenvalue weighted by atomic mass is 10.2. The Morgan fingerprint density at radius 3 is 3.16 bits per heavy atom. The van der Waals surface area contributed by atoms with Crippen molar-refractivity contribution in [2.45, 2.75) is 25.5 Å². The molecule has 102 valence electrons. The minimum absolute atomic E-state index is 0.413. The van der Waals surface area contributed by atoms with Gasteiger partial charge in [0.2, 0.25) is 0 Å². The van der Waals surface area contributed by atoms with Crippen molar-refractivity contribution in [2.24, 2.45) is 0 Å². The number of rotatable bonds is 5. The van der Waals surface area contributed by atoms with E-state index in [1.54, 1.807) is 0 Å². The molecule has 1 aromatic heterocycles. The number of aromatic nitrogens is 1. The highest BCUT2D eigenvalue weighted by Gasteiger charge is 2.14. The normalized spacial score (nSPS) is 19.3. The smallest absolute Gasteiger partial charge is 0.0700 e. The molecule has 2 aromatic rings. The molecule has 0 bridgehead atoms. The van der Waals surface area contributed by atoms with Crippen molar-refractivity contribution in [1.82, 2.24) is 9.88 Å². The zero-order valence-electron chi connectivity index (χ0n) is 10.9. The second-order valence-corrected chi connectivity index (χ2v) is 5.49. The first-order chi connectivity index (χ1) is 9.33. The van der Waals surface area contributed by atoms with Gasteiger partial charge in [0.15, 0.2) is 0 Å². The van der Waals surface area contributed by atoms with Crippen molar-refractivity contribution in [3.63, 3.8) is 0 Å². The van der Waals surface area contributed by atoms with Gasteiger partial charge in [0.1, 0.15) is 0 Å². The largest absolute Gasteiger partial charge is 0.377 e. The molecule has 3 nitrogen and oxygen atoms in total. The van der Waals surface area contributed by atoms with Gasteiger partial charge in [0.25, 0.3) is 0 Å². The predicted molar refractivity (Wildman–Crippen MR) is 78.8 cm³/mol. The van der Waals surface area contributed by atoms with Crippen LogP contribution < -0.4 is 5.32 Å². The average molecular weight is 279 g/mol. The van der Waals surface area contributed by atoms with Crippen molar-refractivity contribution in [2.75, 3.05) is 19.7 Å². The van der Waals surface area contributed by atoms with Gasteiger partial charge in [-0.2, -0.15) is 0 Å². The van der Waals surface area contributed by atoms with E-state index in [1.807, 2.05) is 12.1 Å². The van der Waals surface area contributed by atoms with E-state index in [-0.39, 0.29) is 0 Å². The summed E-state index contributed by atoms with van der Waals surface area (Å²) in [5.74, 6) is 0. The Kier molecular flexibility index (Phi) is 4.06. The van der Waals surface area contributed by atoms with Crippen LogP contribution in [-0.2, 0) is 11.3 Å². The molecule has 0 radical (unpaired) electrons. The molecule has 19 heavy (non-hydrogen) atoms. The van der Waals surface area contributed by atoms with Crippen LogP contribution in [0.2, 0.25) is 5.02 Å². The molecule has 1 aromatic carbocycles. The van der Waals surface area contributed by atoms with Crippen LogP contribution in [0.25, 0.3) is 10.9 Å². The van der Waals surface area contributed by atoms with Crippen molar-refractivity contribution in [1.29, 1.82) is 0 Å². The first-order valence-corrected chi connectivity index (χ1v) is 7.27. The van der Waals surface area contributed by atoms with E-state index in [1.165, 1.54) is 23.7 Å². The summed E-state index contributed by atoms with van der Waals surface area (Å²) < 4.78 is 7.83. The fourth-order valence-corrected chi connectivity index (χ4v) is 2.79. The minimum atomic E-state index is 0.413. The summed E-state index contributed by atoms with van der Waals surface area (Å²) in [6.45, 7) is 3.79. The molecule has 0 saturated carbocycles. The predicted octanol–water partition coefficient (Wildman–Crippen LogP) is 3.06. The average Bonchev–Trinajstić information content (AvgIpc) is 3.04. The second kappa shape index (κ2) is 5.95. The summed E-state index contributed by atoms with van der Waals surface area (Å²) in [6.07, 6.45) is 4.92. The van der Waals surface area contributed by atoms with E-state index < -0.39 is 0 Å². The molecular weight excluding hydrogens is 260 g/mol. The van der Waals surface area contributed by atoms with Gasteiger partial charge >= 0.3 is 0 Å². The minimum Gasteiger partial charge on any atom is -0.377 e. The number of nitrogens with one attached hydrogen (secondary N) is 1. The van der Waals surface area contributed by atoms with Gasteiger partial charge in [0.05, 0.1) is 6.10 Å². The maximum atomic E-state index is 6.05. The molecule has 1 unspecified atom stereocenters. The van der Waals surface area contributed by atoms with E-state index in [0.29, 0.717) is 6.10 Å². The molecule has 2 heterocycles. The number of halogens is 1. The van der Waals surface area contributed by atoms with Crippen LogP contribution in [0.15, 0.2) is 30.5 Å². The number of nitrogens with zero attached hydrogens (tertiary/aromatic N) is 1. The zero-order valence-corrected chi connectivity index (χ0v) is 11.7. The standard InChI is InChI=1S/C15H19ClN2O/c16-13-4-3-12-5-7-18(15(12)10-13)8-6-17-11-14-2-1-9-19-14/h3-5,7,10,14,17H,1-2,6,8-9,11H2. The molecule has 0 spiro atoms. The fraction of sp³-hybridized carbons (Fsp3) is 0.467. The van der Waals surface area contributed by atoms with E-state index in [9.17, 15) is 0 Å². The first-order valence-electron chi connectivity index (χ1n) is 6.90. The van der Waals surface area contributed by atoms with E-state index in [4.69, 9.17) is 16.3 Å². The third-order valence-electron chi connectivity index (χ3n) is 3.66. The molecule has 0 aliphatic carbocycles. The lowest BCUT2D eigenvalue weighted by Crippen LogP contribution is -2.28. The Labute approximate surface area is 118 Å². The molecule has 1 N–H and O–H groups in total. The Balaban J connectivity index is 1.54. The van der Waals surface area contributed by atoms with Crippen molar-refractivity contribution >= 4 is 22.5 Å². The van der Waals surface area contributed by atoms with Crippen molar-refractivity contribution < 1.29 is 4.74 Å². The van der Waals surface area contributed by atoms with Crippen LogP contribution in [-0.4, -0.2) is 30.4 Å². The first kappa shape index (κ1) is 13.0. The van der Waals surface area contributed by atoms with Crippen LogP contribution >= 0.6 is 11.6 Å². The van der Waals surface area contributed by atoms with E-state index in [2.05, 4.69) is 28.2 Å².